The van der Waals surface area contributed by atoms with E-state index in [1.165, 1.54) is 0 Å². The minimum Gasteiger partial charge on any atom is -0.288 e. The number of halogens is 2. The number of alkyl halides is 2. The zero-order chi connectivity index (χ0) is 7.98. The van der Waals surface area contributed by atoms with Crippen LogP contribution in [-0.2, 0) is 14.9 Å². The summed E-state index contributed by atoms with van der Waals surface area (Å²) >= 11 is 10.9. The minimum absolute atomic E-state index is 0.339. The van der Waals surface area contributed by atoms with Crippen molar-refractivity contribution in [2.75, 3.05) is 17.8 Å². The molecule has 0 saturated carbocycles. The van der Waals surface area contributed by atoms with Gasteiger partial charge in [0.25, 0.3) is 0 Å². The third kappa shape index (κ3) is 4.09. The van der Waals surface area contributed by atoms with Crippen LogP contribution in [0.1, 0.15) is 6.92 Å². The van der Waals surface area contributed by atoms with Gasteiger partial charge in [-0.05, 0) is 6.92 Å². The van der Waals surface area contributed by atoms with Crippen LogP contribution in [0.3, 0.4) is 0 Å². The maximum atomic E-state index is 11.0. The van der Waals surface area contributed by atoms with Gasteiger partial charge in [-0.25, -0.2) is 4.21 Å². The predicted molar refractivity (Wildman–Crippen MR) is 48.1 cm³/mol. The van der Waals surface area contributed by atoms with Gasteiger partial charge in [-0.15, -0.1) is 23.2 Å². The van der Waals surface area contributed by atoms with Crippen molar-refractivity contribution in [1.29, 1.82) is 0 Å². The number of hydrogen-bond donors (Lipinski definition) is 0. The molecular weight excluding hydrogens is 214 g/mol. The van der Waals surface area contributed by atoms with Crippen molar-refractivity contribution >= 4 is 41.0 Å². The predicted octanol–water partition coefficient (Wildman–Crippen LogP) is 2.48. The third-order valence-electron chi connectivity index (χ3n) is 0.696. The fourth-order valence-electron chi connectivity index (χ4n) is 0.287. The molecule has 0 aliphatic heterocycles. The van der Waals surface area contributed by atoms with Gasteiger partial charge in [-0.2, -0.15) is 0 Å². The Kier molecular flexibility index (Phi) is 7.57. The summed E-state index contributed by atoms with van der Waals surface area (Å²) < 4.78 is 15.8. The Morgan fingerprint density at radius 3 is 2.30 bits per heavy atom. The molecule has 0 saturated heterocycles. The Balaban J connectivity index is 3.65. The topological polar surface area (TPSA) is 26.3 Å². The van der Waals surface area contributed by atoms with E-state index in [4.69, 9.17) is 27.4 Å². The Morgan fingerprint density at radius 2 is 2.00 bits per heavy atom. The van der Waals surface area contributed by atoms with Crippen LogP contribution in [0.15, 0.2) is 0 Å². The highest BCUT2D eigenvalue weighted by atomic mass is 35.5. The molecule has 0 N–H and O–H groups in total. The van der Waals surface area contributed by atoms with Crippen LogP contribution in [0, 0.1) is 0 Å². The van der Waals surface area contributed by atoms with Gasteiger partial charge >= 0.3 is 0 Å². The second-order valence-corrected chi connectivity index (χ2v) is 7.33. The van der Waals surface area contributed by atoms with Crippen LogP contribution in [-0.4, -0.2) is 22.1 Å². The van der Waals surface area contributed by atoms with Crippen molar-refractivity contribution in [3.63, 3.8) is 0 Å². The molecule has 10 heavy (non-hydrogen) atoms. The first-order chi connectivity index (χ1) is 4.76. The Morgan fingerprint density at radius 1 is 1.50 bits per heavy atom. The van der Waals surface area contributed by atoms with Gasteiger partial charge in [0.2, 0.25) is 0 Å². The quantitative estimate of drug-likeness (QED) is 0.528. The lowest BCUT2D eigenvalue weighted by Gasteiger charge is -2.07. The smallest absolute Gasteiger partial charge is 0.179 e. The summed E-state index contributed by atoms with van der Waals surface area (Å²) in [7, 11) is -2.10. The summed E-state index contributed by atoms with van der Waals surface area (Å²) in [6.07, 6.45) is 0. The van der Waals surface area contributed by atoms with Crippen molar-refractivity contribution in [2.45, 2.75) is 6.92 Å². The largest absolute Gasteiger partial charge is 0.288 e. The van der Waals surface area contributed by atoms with E-state index in [0.29, 0.717) is 17.8 Å². The normalized spacial score (nSPS) is 14.0. The number of rotatable bonds is 5. The first-order valence-corrected chi connectivity index (χ1v) is 7.14. The second kappa shape index (κ2) is 6.81. The van der Waals surface area contributed by atoms with E-state index in [1.807, 2.05) is 0 Å². The summed E-state index contributed by atoms with van der Waals surface area (Å²) in [6.45, 7) is 2.23. The van der Waals surface area contributed by atoms with Gasteiger partial charge < -0.3 is 0 Å². The molecule has 0 aliphatic carbocycles. The van der Waals surface area contributed by atoms with Crippen molar-refractivity contribution < 1.29 is 8.39 Å². The summed E-state index contributed by atoms with van der Waals surface area (Å²) in [5, 5.41) is 0. The lowest BCUT2D eigenvalue weighted by Crippen LogP contribution is -1.95. The first kappa shape index (κ1) is 11.1. The monoisotopic (exact) mass is 222 g/mol. The zero-order valence-electron chi connectivity index (χ0n) is 5.55. The van der Waals surface area contributed by atoms with Gasteiger partial charge in [0.1, 0.15) is 0 Å². The van der Waals surface area contributed by atoms with E-state index >= 15 is 0 Å². The molecule has 1 atom stereocenters. The van der Waals surface area contributed by atoms with E-state index in [9.17, 15) is 4.21 Å². The fraction of sp³-hybridized carbons (Fsp3) is 1.00. The van der Waals surface area contributed by atoms with Crippen LogP contribution in [0.4, 0.5) is 0 Å². The first-order valence-electron chi connectivity index (χ1n) is 2.68. The van der Waals surface area contributed by atoms with Gasteiger partial charge in [0, 0.05) is 7.12 Å². The van der Waals surface area contributed by atoms with E-state index in [0.717, 1.165) is 0 Å². The van der Waals surface area contributed by atoms with Crippen molar-refractivity contribution in [1.82, 2.24) is 0 Å². The molecule has 6 heteroatoms. The molecule has 2 nitrogen and oxygen atoms in total. The Bertz CT molecular complexity index is 109. The SMILES string of the molecule is CCOS(=O)P(CCl)CCl. The molecule has 0 fully saturated rings. The summed E-state index contributed by atoms with van der Waals surface area (Å²) in [6, 6.07) is 0. The van der Waals surface area contributed by atoms with E-state index in [1.54, 1.807) is 6.92 Å². The molecule has 0 heterocycles. The van der Waals surface area contributed by atoms with Crippen LogP contribution >= 0.6 is 30.3 Å². The highest BCUT2D eigenvalue weighted by Crippen LogP contribution is 2.42. The molecule has 0 aromatic carbocycles. The maximum Gasteiger partial charge on any atom is 0.179 e. The highest BCUT2D eigenvalue weighted by Gasteiger charge is 2.13. The van der Waals surface area contributed by atoms with Crippen LogP contribution < -0.4 is 0 Å². The number of hydrogen-bond acceptors (Lipinski definition) is 2. The Labute approximate surface area is 74.4 Å². The zero-order valence-corrected chi connectivity index (χ0v) is 8.77. The van der Waals surface area contributed by atoms with Crippen LogP contribution in [0.2, 0.25) is 0 Å². The van der Waals surface area contributed by atoms with Crippen LogP contribution in [0.25, 0.3) is 0 Å². The molecule has 0 aromatic heterocycles. The highest BCUT2D eigenvalue weighted by molar-refractivity contribution is 8.44. The summed E-state index contributed by atoms with van der Waals surface area (Å²) in [4.78, 5) is 0. The Hall–Kier alpha value is 1.12. The third-order valence-corrected chi connectivity index (χ3v) is 7.03. The molecule has 0 aromatic rings. The molecule has 62 valence electrons. The molecule has 1 unspecified atom stereocenters. The second-order valence-electron chi connectivity index (χ2n) is 1.34. The van der Waals surface area contributed by atoms with Gasteiger partial charge in [-0.3, -0.25) is 4.18 Å². The van der Waals surface area contributed by atoms with Crippen molar-refractivity contribution in [2.24, 2.45) is 0 Å². The van der Waals surface area contributed by atoms with E-state index < -0.39 is 17.8 Å². The van der Waals surface area contributed by atoms with Gasteiger partial charge in [0.05, 0.1) is 17.8 Å². The summed E-state index contributed by atoms with van der Waals surface area (Å²) in [5.41, 5.74) is 0.677. The minimum atomic E-state index is -1.26. The van der Waals surface area contributed by atoms with Gasteiger partial charge in [0.15, 0.2) is 10.7 Å². The van der Waals surface area contributed by atoms with E-state index in [-0.39, 0.29) is 0 Å². The lowest BCUT2D eigenvalue weighted by atomic mass is 10.9. The van der Waals surface area contributed by atoms with Crippen molar-refractivity contribution in [3.8, 4) is 0 Å². The molecule has 0 bridgehead atoms. The molecule has 0 rings (SSSR count). The van der Waals surface area contributed by atoms with Crippen LogP contribution in [0.5, 0.6) is 0 Å². The maximum absolute atomic E-state index is 11.0. The summed E-state index contributed by atoms with van der Waals surface area (Å²) in [5.74, 6) is 0. The average Bonchev–Trinajstić information content (AvgIpc) is 1.91. The van der Waals surface area contributed by atoms with Gasteiger partial charge in [-0.1, -0.05) is 0 Å². The standard InChI is InChI=1S/C4H9Cl2O2PS/c1-2-8-10(7)9(3-5)4-6/h2-4H2,1H3. The molecule has 0 aliphatic rings. The fourth-order valence-corrected chi connectivity index (χ4v) is 4.30. The molecule has 0 radical (unpaired) electrons. The average molecular weight is 223 g/mol. The van der Waals surface area contributed by atoms with E-state index in [2.05, 4.69) is 0 Å². The molecular formula is C4H9Cl2O2PS. The lowest BCUT2D eigenvalue weighted by molar-refractivity contribution is 0.380. The molecule has 0 spiro atoms. The molecule has 0 amide bonds. The van der Waals surface area contributed by atoms with Crippen molar-refractivity contribution in [3.05, 3.63) is 0 Å².